The first kappa shape index (κ1) is 25.4. The number of benzene rings is 3. The minimum Gasteiger partial charge on any atom is -0.279 e. The van der Waals surface area contributed by atoms with Crippen LogP contribution < -0.4 is 4.90 Å². The molecule has 1 heterocycles. The Kier molecular flexibility index (Phi) is 7.73. The Morgan fingerprint density at radius 1 is 0.944 bits per heavy atom. The van der Waals surface area contributed by atoms with Gasteiger partial charge in [-0.15, -0.1) is 13.2 Å². The highest BCUT2D eigenvalue weighted by Gasteiger charge is 2.25. The fourth-order valence-electron chi connectivity index (χ4n) is 3.64. The number of hydrogen-bond acceptors (Lipinski definition) is 5. The number of fused-ring (bicyclic) bond motifs is 1. The number of thiazole rings is 1. The number of rotatable bonds is 10. The number of amides is 1. The van der Waals surface area contributed by atoms with E-state index in [-0.39, 0.29) is 41.5 Å². The summed E-state index contributed by atoms with van der Waals surface area (Å²) in [5.74, 6) is -0.837. The zero-order valence-electron chi connectivity index (χ0n) is 19.4. The van der Waals surface area contributed by atoms with Gasteiger partial charge in [0.1, 0.15) is 11.3 Å². The molecule has 1 aromatic heterocycles. The fourth-order valence-corrected chi connectivity index (χ4v) is 6.00. The van der Waals surface area contributed by atoms with Crippen LogP contribution in [0.25, 0.3) is 10.2 Å². The smallest absolute Gasteiger partial charge is 0.260 e. The molecule has 0 aliphatic rings. The highest BCUT2D eigenvalue weighted by Crippen LogP contribution is 2.32. The van der Waals surface area contributed by atoms with Gasteiger partial charge in [-0.2, -0.15) is 4.31 Å². The summed E-state index contributed by atoms with van der Waals surface area (Å²) in [6.45, 7) is 7.71. The van der Waals surface area contributed by atoms with Gasteiger partial charge < -0.3 is 0 Å². The molecule has 3 aromatic carbocycles. The molecule has 0 atom stereocenters. The molecule has 184 valence electrons. The number of nitrogens with zero attached hydrogens (tertiary/aromatic N) is 3. The van der Waals surface area contributed by atoms with E-state index in [1.165, 1.54) is 63.0 Å². The van der Waals surface area contributed by atoms with Gasteiger partial charge >= 0.3 is 0 Å². The van der Waals surface area contributed by atoms with Crippen molar-refractivity contribution < 1.29 is 17.6 Å². The number of aromatic nitrogens is 1. The van der Waals surface area contributed by atoms with E-state index in [4.69, 9.17) is 0 Å². The van der Waals surface area contributed by atoms with Gasteiger partial charge in [0, 0.05) is 18.7 Å². The second-order valence-electron chi connectivity index (χ2n) is 7.88. The second kappa shape index (κ2) is 10.9. The molecule has 0 fully saturated rings. The summed E-state index contributed by atoms with van der Waals surface area (Å²) in [6, 6.07) is 19.8. The molecule has 0 spiro atoms. The zero-order valence-corrected chi connectivity index (χ0v) is 21.0. The fraction of sp³-hybridized carbons (Fsp3) is 0.111. The Morgan fingerprint density at radius 2 is 1.61 bits per heavy atom. The third kappa shape index (κ3) is 5.28. The van der Waals surface area contributed by atoms with Gasteiger partial charge in [-0.3, -0.25) is 9.69 Å². The van der Waals surface area contributed by atoms with Gasteiger partial charge in [0.25, 0.3) is 5.91 Å². The standard InChI is InChI=1S/C27H24FN3O3S2/c1-3-17-30(18-4-2)36(33,34)22-15-13-21(14-16-22)26(32)31(19-20-9-6-5-7-10-20)27-29-25-23(28)11-8-12-24(25)35-27/h3-16H,1-2,17-19H2. The summed E-state index contributed by atoms with van der Waals surface area (Å²) in [4.78, 5) is 19.6. The average molecular weight is 522 g/mol. The molecular weight excluding hydrogens is 497 g/mol. The van der Waals surface area contributed by atoms with Crippen LogP contribution in [0.1, 0.15) is 15.9 Å². The summed E-state index contributed by atoms with van der Waals surface area (Å²) >= 11 is 1.22. The number of carbonyl (C=O) groups excluding carboxylic acids is 1. The third-order valence-electron chi connectivity index (χ3n) is 5.42. The number of sulfonamides is 1. The lowest BCUT2D eigenvalue weighted by Gasteiger charge is -2.21. The van der Waals surface area contributed by atoms with Crippen molar-refractivity contribution in [3.05, 3.63) is 115 Å². The van der Waals surface area contributed by atoms with Crippen molar-refractivity contribution in [2.45, 2.75) is 11.4 Å². The van der Waals surface area contributed by atoms with Crippen molar-refractivity contribution in [2.24, 2.45) is 0 Å². The molecule has 0 unspecified atom stereocenters. The van der Waals surface area contributed by atoms with Crippen LogP contribution >= 0.6 is 11.3 Å². The first-order valence-corrected chi connectivity index (χ1v) is 13.3. The molecule has 4 aromatic rings. The van der Waals surface area contributed by atoms with Gasteiger partial charge in [-0.25, -0.2) is 17.8 Å². The third-order valence-corrected chi connectivity index (χ3v) is 8.31. The summed E-state index contributed by atoms with van der Waals surface area (Å²) in [6.07, 6.45) is 3.00. The predicted molar refractivity (Wildman–Crippen MR) is 142 cm³/mol. The lowest BCUT2D eigenvalue weighted by Crippen LogP contribution is -2.32. The van der Waals surface area contributed by atoms with E-state index in [2.05, 4.69) is 18.1 Å². The molecule has 0 saturated carbocycles. The molecule has 6 nitrogen and oxygen atoms in total. The van der Waals surface area contributed by atoms with E-state index in [0.717, 1.165) is 5.56 Å². The van der Waals surface area contributed by atoms with Crippen molar-refractivity contribution >= 4 is 42.6 Å². The van der Waals surface area contributed by atoms with Gasteiger partial charge in [-0.1, -0.05) is 59.9 Å². The van der Waals surface area contributed by atoms with Crippen molar-refractivity contribution in [3.8, 4) is 0 Å². The summed E-state index contributed by atoms with van der Waals surface area (Å²) in [5, 5.41) is 0.351. The average Bonchev–Trinajstić information content (AvgIpc) is 3.33. The summed E-state index contributed by atoms with van der Waals surface area (Å²) in [5.41, 5.74) is 1.35. The molecule has 1 amide bonds. The normalized spacial score (nSPS) is 11.5. The SMILES string of the molecule is C=CCN(CC=C)S(=O)(=O)c1ccc(C(=O)N(Cc2ccccc2)c2nc3c(F)cccc3s2)cc1. The molecule has 0 N–H and O–H groups in total. The Labute approximate surface area is 213 Å². The first-order valence-electron chi connectivity index (χ1n) is 11.1. The van der Waals surface area contributed by atoms with Crippen LogP contribution in [-0.2, 0) is 16.6 Å². The van der Waals surface area contributed by atoms with Crippen LogP contribution in [-0.4, -0.2) is 36.7 Å². The highest BCUT2D eigenvalue weighted by atomic mass is 32.2. The Morgan fingerprint density at radius 3 is 2.22 bits per heavy atom. The predicted octanol–water partition coefficient (Wildman–Crippen LogP) is 5.65. The number of anilines is 1. The molecule has 0 aliphatic carbocycles. The van der Waals surface area contributed by atoms with Crippen LogP contribution in [0, 0.1) is 5.82 Å². The van der Waals surface area contributed by atoms with Crippen molar-refractivity contribution in [3.63, 3.8) is 0 Å². The minimum atomic E-state index is -3.80. The van der Waals surface area contributed by atoms with E-state index in [1.807, 2.05) is 30.3 Å². The Balaban J connectivity index is 1.69. The second-order valence-corrected chi connectivity index (χ2v) is 10.8. The van der Waals surface area contributed by atoms with Gasteiger partial charge in [0.05, 0.1) is 16.1 Å². The summed E-state index contributed by atoms with van der Waals surface area (Å²) < 4.78 is 42.2. The van der Waals surface area contributed by atoms with Crippen molar-refractivity contribution in [1.82, 2.24) is 9.29 Å². The molecule has 0 radical (unpaired) electrons. The summed E-state index contributed by atoms with van der Waals surface area (Å²) in [7, 11) is -3.80. The maximum Gasteiger partial charge on any atom is 0.260 e. The number of halogens is 1. The quantitative estimate of drug-likeness (QED) is 0.253. The lowest BCUT2D eigenvalue weighted by atomic mass is 10.1. The van der Waals surface area contributed by atoms with Gasteiger partial charge in [0.2, 0.25) is 10.0 Å². The van der Waals surface area contributed by atoms with E-state index in [0.29, 0.717) is 9.83 Å². The molecule has 4 rings (SSSR count). The van der Waals surface area contributed by atoms with Gasteiger partial charge in [-0.05, 0) is 42.0 Å². The monoisotopic (exact) mass is 521 g/mol. The number of hydrogen-bond donors (Lipinski definition) is 0. The zero-order chi connectivity index (χ0) is 25.7. The van der Waals surface area contributed by atoms with E-state index in [1.54, 1.807) is 12.1 Å². The van der Waals surface area contributed by atoms with Crippen LogP contribution in [0.3, 0.4) is 0 Å². The molecule has 9 heteroatoms. The Bertz CT molecular complexity index is 1490. The Hall–Kier alpha value is -3.66. The topological polar surface area (TPSA) is 70.6 Å². The molecular formula is C27H24FN3O3S2. The first-order chi connectivity index (χ1) is 17.3. The molecule has 0 bridgehead atoms. The maximum atomic E-state index is 14.3. The molecule has 36 heavy (non-hydrogen) atoms. The van der Waals surface area contributed by atoms with Crippen LogP contribution in [0.5, 0.6) is 0 Å². The van der Waals surface area contributed by atoms with Crippen molar-refractivity contribution in [2.75, 3.05) is 18.0 Å². The van der Waals surface area contributed by atoms with Crippen LogP contribution in [0.15, 0.2) is 103 Å². The van der Waals surface area contributed by atoms with E-state index < -0.39 is 15.8 Å². The van der Waals surface area contributed by atoms with Gasteiger partial charge in [0.15, 0.2) is 5.13 Å². The minimum absolute atomic E-state index is 0.0550. The maximum absolute atomic E-state index is 14.3. The number of para-hydroxylation sites is 1. The lowest BCUT2D eigenvalue weighted by molar-refractivity contribution is 0.0985. The largest absolute Gasteiger partial charge is 0.279 e. The molecule has 0 saturated heterocycles. The van der Waals surface area contributed by atoms with Crippen LogP contribution in [0.4, 0.5) is 9.52 Å². The number of carbonyl (C=O) groups is 1. The molecule has 0 aliphatic heterocycles. The van der Waals surface area contributed by atoms with Crippen LogP contribution in [0.2, 0.25) is 0 Å². The van der Waals surface area contributed by atoms with Crippen molar-refractivity contribution in [1.29, 1.82) is 0 Å². The van der Waals surface area contributed by atoms with E-state index in [9.17, 15) is 17.6 Å². The highest BCUT2D eigenvalue weighted by molar-refractivity contribution is 7.89. The van der Waals surface area contributed by atoms with E-state index >= 15 is 0 Å².